The average Bonchev–Trinajstić information content (AvgIpc) is 2.61. The molecule has 0 aromatic heterocycles. The van der Waals surface area contributed by atoms with Crippen LogP contribution in [0.15, 0.2) is 18.2 Å². The molecule has 3 rings (SSSR count). The Bertz CT molecular complexity index is 627. The molecule has 2 aliphatic rings. The summed E-state index contributed by atoms with van der Waals surface area (Å²) in [5.74, 6) is -0.0560. The molecule has 7 heteroatoms. The number of carbonyl (C=O) groups is 2. The van der Waals surface area contributed by atoms with Gasteiger partial charge in [0.15, 0.2) is 6.10 Å². The van der Waals surface area contributed by atoms with Crippen LogP contribution < -0.4 is 15.0 Å². The van der Waals surface area contributed by atoms with Gasteiger partial charge in [0.2, 0.25) is 0 Å². The molecule has 130 valence electrons. The van der Waals surface area contributed by atoms with Gasteiger partial charge in [0.25, 0.3) is 5.91 Å². The van der Waals surface area contributed by atoms with Crippen molar-refractivity contribution in [2.45, 2.75) is 25.0 Å². The number of amides is 1. The van der Waals surface area contributed by atoms with Crippen LogP contribution in [0.3, 0.4) is 0 Å². The number of carbonyl (C=O) groups excluding carboxylic acids is 2. The predicted octanol–water partition coefficient (Wildman–Crippen LogP) is 0.966. The molecule has 0 spiro atoms. The van der Waals surface area contributed by atoms with Crippen molar-refractivity contribution >= 4 is 17.6 Å². The molecule has 24 heavy (non-hydrogen) atoms. The Labute approximate surface area is 140 Å². The number of methoxy groups -OCH3 is 1. The Morgan fingerprint density at radius 2 is 2.04 bits per heavy atom. The van der Waals surface area contributed by atoms with Gasteiger partial charge in [-0.3, -0.25) is 4.79 Å². The molecular formula is C17H22N2O5. The number of fused-ring (bicyclic) bond motifs is 1. The minimum absolute atomic E-state index is 0.128. The van der Waals surface area contributed by atoms with Crippen molar-refractivity contribution in [1.29, 1.82) is 0 Å². The van der Waals surface area contributed by atoms with Gasteiger partial charge in [0.1, 0.15) is 5.75 Å². The summed E-state index contributed by atoms with van der Waals surface area (Å²) in [5.41, 5.74) is 1.24. The number of ether oxygens (including phenoxy) is 3. The van der Waals surface area contributed by atoms with Gasteiger partial charge < -0.3 is 24.4 Å². The maximum absolute atomic E-state index is 12.5. The normalized spacial score (nSPS) is 20.8. The second-order valence-electron chi connectivity index (χ2n) is 6.06. The van der Waals surface area contributed by atoms with Gasteiger partial charge >= 0.3 is 5.97 Å². The highest BCUT2D eigenvalue weighted by molar-refractivity contribution is 5.91. The SMILES string of the molecule is COC(=O)c1ccc2c(c1)OC(C(=O)NC1CCOCC1)CN2C. The molecule has 1 aromatic carbocycles. The summed E-state index contributed by atoms with van der Waals surface area (Å²) in [7, 11) is 3.23. The average molecular weight is 334 g/mol. The lowest BCUT2D eigenvalue weighted by Gasteiger charge is -2.34. The van der Waals surface area contributed by atoms with Crippen LogP contribution in [0.5, 0.6) is 5.75 Å². The van der Waals surface area contributed by atoms with Gasteiger partial charge in [-0.2, -0.15) is 0 Å². The fourth-order valence-electron chi connectivity index (χ4n) is 2.98. The summed E-state index contributed by atoms with van der Waals surface area (Å²) in [5, 5.41) is 3.03. The molecule has 1 N–H and O–H groups in total. The molecule has 1 saturated heterocycles. The molecule has 1 amide bonds. The molecule has 1 unspecified atom stereocenters. The first-order valence-electron chi connectivity index (χ1n) is 8.06. The fraction of sp³-hybridized carbons (Fsp3) is 0.529. The predicted molar refractivity (Wildman–Crippen MR) is 87.5 cm³/mol. The van der Waals surface area contributed by atoms with E-state index in [9.17, 15) is 9.59 Å². The molecule has 0 aliphatic carbocycles. The van der Waals surface area contributed by atoms with E-state index < -0.39 is 12.1 Å². The number of rotatable bonds is 3. The molecule has 0 radical (unpaired) electrons. The molecule has 7 nitrogen and oxygen atoms in total. The lowest BCUT2D eigenvalue weighted by molar-refractivity contribution is -0.129. The third kappa shape index (κ3) is 3.46. The second-order valence-corrected chi connectivity index (χ2v) is 6.06. The first-order chi connectivity index (χ1) is 11.6. The van der Waals surface area contributed by atoms with E-state index in [2.05, 4.69) is 5.32 Å². The van der Waals surface area contributed by atoms with Crippen molar-refractivity contribution in [3.05, 3.63) is 23.8 Å². The number of anilines is 1. The third-order valence-electron chi connectivity index (χ3n) is 4.36. The van der Waals surface area contributed by atoms with Crippen molar-refractivity contribution in [2.75, 3.05) is 38.8 Å². The summed E-state index contributed by atoms with van der Waals surface area (Å²) >= 11 is 0. The Hall–Kier alpha value is -2.28. The van der Waals surface area contributed by atoms with Crippen LogP contribution in [0.1, 0.15) is 23.2 Å². The largest absolute Gasteiger partial charge is 0.477 e. The minimum Gasteiger partial charge on any atom is -0.477 e. The summed E-state index contributed by atoms with van der Waals surface area (Å²) in [4.78, 5) is 26.1. The zero-order valence-corrected chi connectivity index (χ0v) is 13.9. The third-order valence-corrected chi connectivity index (χ3v) is 4.36. The molecular weight excluding hydrogens is 312 g/mol. The van der Waals surface area contributed by atoms with Crippen molar-refractivity contribution in [3.8, 4) is 5.75 Å². The van der Waals surface area contributed by atoms with Gasteiger partial charge in [-0.05, 0) is 31.0 Å². The van der Waals surface area contributed by atoms with Crippen LogP contribution >= 0.6 is 0 Å². The number of nitrogens with zero attached hydrogens (tertiary/aromatic N) is 1. The zero-order chi connectivity index (χ0) is 17.1. The zero-order valence-electron chi connectivity index (χ0n) is 13.9. The van der Waals surface area contributed by atoms with Gasteiger partial charge in [-0.1, -0.05) is 0 Å². The number of nitrogens with one attached hydrogen (secondary N) is 1. The maximum atomic E-state index is 12.5. The van der Waals surface area contributed by atoms with Crippen molar-refractivity contribution in [2.24, 2.45) is 0 Å². The Morgan fingerprint density at radius 3 is 2.75 bits per heavy atom. The van der Waals surface area contributed by atoms with E-state index >= 15 is 0 Å². The maximum Gasteiger partial charge on any atom is 0.337 e. The smallest absolute Gasteiger partial charge is 0.337 e. The van der Waals surface area contributed by atoms with Crippen molar-refractivity contribution in [3.63, 3.8) is 0 Å². The highest BCUT2D eigenvalue weighted by Crippen LogP contribution is 2.33. The molecule has 2 heterocycles. The van der Waals surface area contributed by atoms with Crippen LogP contribution in [0.2, 0.25) is 0 Å². The van der Waals surface area contributed by atoms with Crippen LogP contribution in [0, 0.1) is 0 Å². The van der Waals surface area contributed by atoms with Gasteiger partial charge in [-0.15, -0.1) is 0 Å². The van der Waals surface area contributed by atoms with Crippen LogP contribution in [-0.4, -0.2) is 57.9 Å². The van der Waals surface area contributed by atoms with E-state index in [1.165, 1.54) is 7.11 Å². The summed E-state index contributed by atoms with van der Waals surface area (Å²) in [6, 6.07) is 5.23. The molecule has 2 aliphatic heterocycles. The van der Waals surface area contributed by atoms with Crippen LogP contribution in [0.25, 0.3) is 0 Å². The van der Waals surface area contributed by atoms with E-state index in [4.69, 9.17) is 14.2 Å². The van der Waals surface area contributed by atoms with Crippen LogP contribution in [0.4, 0.5) is 5.69 Å². The minimum atomic E-state index is -0.613. The van der Waals surface area contributed by atoms with E-state index in [0.29, 0.717) is 31.1 Å². The summed E-state index contributed by atoms with van der Waals surface area (Å²) in [6.45, 7) is 1.79. The van der Waals surface area contributed by atoms with Crippen LogP contribution in [-0.2, 0) is 14.3 Å². The molecule has 1 atom stereocenters. The lowest BCUT2D eigenvalue weighted by Crippen LogP contribution is -2.51. The number of esters is 1. The number of hydrogen-bond acceptors (Lipinski definition) is 6. The lowest BCUT2D eigenvalue weighted by atomic mass is 10.1. The van der Waals surface area contributed by atoms with Gasteiger partial charge in [0.05, 0.1) is 24.9 Å². The summed E-state index contributed by atoms with van der Waals surface area (Å²) in [6.07, 6.45) is 1.02. The highest BCUT2D eigenvalue weighted by Gasteiger charge is 2.31. The van der Waals surface area contributed by atoms with Crippen molar-refractivity contribution in [1.82, 2.24) is 5.32 Å². The second kappa shape index (κ2) is 7.09. The Kier molecular flexibility index (Phi) is 4.89. The van der Waals surface area contributed by atoms with E-state index in [1.807, 2.05) is 11.9 Å². The first kappa shape index (κ1) is 16.6. The van der Waals surface area contributed by atoms with E-state index in [0.717, 1.165) is 18.5 Å². The Balaban J connectivity index is 1.72. The van der Waals surface area contributed by atoms with Crippen molar-refractivity contribution < 1.29 is 23.8 Å². The van der Waals surface area contributed by atoms with Gasteiger partial charge in [-0.25, -0.2) is 4.79 Å². The van der Waals surface area contributed by atoms with E-state index in [1.54, 1.807) is 18.2 Å². The molecule has 0 saturated carbocycles. The standard InChI is InChI=1S/C17H22N2O5/c1-19-10-15(16(20)18-12-5-7-23-8-6-12)24-14-9-11(17(21)22-2)3-4-13(14)19/h3-4,9,12,15H,5-8,10H2,1-2H3,(H,18,20). The fourth-order valence-corrected chi connectivity index (χ4v) is 2.98. The number of likely N-dealkylation sites (N-methyl/N-ethyl adjacent to an activating group) is 1. The molecule has 1 fully saturated rings. The molecule has 1 aromatic rings. The van der Waals surface area contributed by atoms with E-state index in [-0.39, 0.29) is 11.9 Å². The Morgan fingerprint density at radius 1 is 1.29 bits per heavy atom. The number of hydrogen-bond donors (Lipinski definition) is 1. The topological polar surface area (TPSA) is 77.1 Å². The first-order valence-corrected chi connectivity index (χ1v) is 8.06. The monoisotopic (exact) mass is 334 g/mol. The quantitative estimate of drug-likeness (QED) is 0.830. The highest BCUT2D eigenvalue weighted by atomic mass is 16.5. The van der Waals surface area contributed by atoms with Gasteiger partial charge in [0, 0.05) is 26.3 Å². The summed E-state index contributed by atoms with van der Waals surface area (Å²) < 4.78 is 15.9. The number of benzene rings is 1. The molecule has 0 bridgehead atoms.